The summed E-state index contributed by atoms with van der Waals surface area (Å²) in [5, 5.41) is 2.35. The highest BCUT2D eigenvalue weighted by Crippen LogP contribution is 2.37. The van der Waals surface area contributed by atoms with E-state index in [0.29, 0.717) is 16.8 Å². The van der Waals surface area contributed by atoms with Crippen LogP contribution in [0.1, 0.15) is 17.3 Å². The van der Waals surface area contributed by atoms with E-state index in [4.69, 9.17) is 9.47 Å². The van der Waals surface area contributed by atoms with Gasteiger partial charge in [0.25, 0.3) is 5.91 Å². The van der Waals surface area contributed by atoms with E-state index in [2.05, 4.69) is 26.0 Å². The first-order valence-corrected chi connectivity index (χ1v) is 8.74. The predicted molar refractivity (Wildman–Crippen MR) is 97.8 cm³/mol. The summed E-state index contributed by atoms with van der Waals surface area (Å²) in [6.45, 7) is 0.562. The normalized spacial score (nSPS) is 11.1. The van der Waals surface area contributed by atoms with Crippen molar-refractivity contribution in [1.29, 1.82) is 0 Å². The molecule has 0 unspecified atom stereocenters. The van der Waals surface area contributed by atoms with Crippen LogP contribution in [0.2, 0.25) is 0 Å². The number of hydrogen-bond acceptors (Lipinski definition) is 4. The summed E-state index contributed by atoms with van der Waals surface area (Å²) in [6, 6.07) is 5.63. The summed E-state index contributed by atoms with van der Waals surface area (Å²) >= 11 is 3.27. The molecule has 0 atom stereocenters. The van der Waals surface area contributed by atoms with E-state index < -0.39 is 24.5 Å². The molecule has 2 aromatic carbocycles. The Kier molecular flexibility index (Phi) is 7.11. The Balaban J connectivity index is 2.29. The topological polar surface area (TPSA) is 56.8 Å². The third-order valence-corrected chi connectivity index (χ3v) is 3.95. The van der Waals surface area contributed by atoms with Crippen molar-refractivity contribution in [2.45, 2.75) is 13.1 Å². The van der Waals surface area contributed by atoms with Crippen LogP contribution in [0, 0.1) is 5.82 Å². The third kappa shape index (κ3) is 5.75. The Hall–Kier alpha value is -2.49. The van der Waals surface area contributed by atoms with Crippen LogP contribution >= 0.6 is 15.9 Å². The highest BCUT2D eigenvalue weighted by Gasteiger charge is 2.29. The Morgan fingerprint density at radius 2 is 1.86 bits per heavy atom. The fourth-order valence-electron chi connectivity index (χ4n) is 2.22. The number of nitrogens with one attached hydrogen (secondary N) is 1. The number of carbonyl (C=O) groups excluding carboxylic acids is 1. The second-order valence-electron chi connectivity index (χ2n) is 5.42. The minimum atomic E-state index is -4.58. The van der Waals surface area contributed by atoms with Crippen molar-refractivity contribution in [1.82, 2.24) is 0 Å². The van der Waals surface area contributed by atoms with Crippen LogP contribution in [0.5, 0.6) is 17.2 Å². The molecular weight excluding hydrogens is 450 g/mol. The molecular formula is C18H16BrF4NO4. The lowest BCUT2D eigenvalue weighted by molar-refractivity contribution is -0.153. The first-order chi connectivity index (χ1) is 13.1. The molecule has 0 heterocycles. The molecule has 0 aliphatic heterocycles. The number of carbonyl (C=O) groups is 1. The van der Waals surface area contributed by atoms with Crippen LogP contribution < -0.4 is 19.5 Å². The molecule has 0 aliphatic carbocycles. The van der Waals surface area contributed by atoms with Crippen molar-refractivity contribution in [3.8, 4) is 17.2 Å². The van der Waals surface area contributed by atoms with Crippen molar-refractivity contribution in [2.24, 2.45) is 0 Å². The smallest absolute Gasteiger partial charge is 0.422 e. The van der Waals surface area contributed by atoms with Crippen LogP contribution in [0.3, 0.4) is 0 Å². The highest BCUT2D eigenvalue weighted by atomic mass is 79.9. The largest absolute Gasteiger partial charge is 0.493 e. The molecule has 0 bridgehead atoms. The highest BCUT2D eigenvalue weighted by molar-refractivity contribution is 9.10. The number of rotatable bonds is 7. The molecule has 0 aromatic heterocycles. The summed E-state index contributed by atoms with van der Waals surface area (Å²) in [4.78, 5) is 12.5. The molecule has 0 saturated carbocycles. The van der Waals surface area contributed by atoms with E-state index in [0.717, 1.165) is 18.2 Å². The van der Waals surface area contributed by atoms with Crippen molar-refractivity contribution >= 4 is 27.5 Å². The summed E-state index contributed by atoms with van der Waals surface area (Å²) in [7, 11) is 1.39. The molecule has 0 aliphatic rings. The van der Waals surface area contributed by atoms with Gasteiger partial charge in [-0.3, -0.25) is 4.79 Å². The first-order valence-electron chi connectivity index (χ1n) is 7.95. The van der Waals surface area contributed by atoms with Gasteiger partial charge in [0.1, 0.15) is 11.6 Å². The van der Waals surface area contributed by atoms with Crippen LogP contribution in [0.25, 0.3) is 0 Å². The fraction of sp³-hybridized carbons (Fsp3) is 0.278. The van der Waals surface area contributed by atoms with Crippen LogP contribution in [0.4, 0.5) is 23.2 Å². The summed E-state index contributed by atoms with van der Waals surface area (Å²) in [5.74, 6) is -1.11. The summed E-state index contributed by atoms with van der Waals surface area (Å²) < 4.78 is 66.4. The molecule has 152 valence electrons. The van der Waals surface area contributed by atoms with Gasteiger partial charge in [0.05, 0.1) is 23.9 Å². The van der Waals surface area contributed by atoms with Crippen LogP contribution in [-0.2, 0) is 0 Å². The first kappa shape index (κ1) is 21.8. The minimum Gasteiger partial charge on any atom is -0.493 e. The fourth-order valence-corrected chi connectivity index (χ4v) is 2.77. The molecule has 10 heteroatoms. The average Bonchev–Trinajstić information content (AvgIpc) is 2.61. The Morgan fingerprint density at radius 1 is 1.14 bits per heavy atom. The molecule has 0 radical (unpaired) electrons. The molecule has 2 rings (SSSR count). The maximum atomic E-state index is 13.5. The van der Waals surface area contributed by atoms with E-state index in [-0.39, 0.29) is 22.7 Å². The maximum absolute atomic E-state index is 13.5. The Bertz CT molecular complexity index is 858. The number of halogens is 5. The predicted octanol–water partition coefficient (Wildman–Crippen LogP) is 5.19. The molecule has 0 spiro atoms. The van der Waals surface area contributed by atoms with Crippen molar-refractivity contribution in [3.05, 3.63) is 46.2 Å². The minimum absolute atomic E-state index is 0.109. The third-order valence-electron chi connectivity index (χ3n) is 3.36. The van der Waals surface area contributed by atoms with Gasteiger partial charge in [0.2, 0.25) is 0 Å². The number of anilines is 1. The van der Waals surface area contributed by atoms with Gasteiger partial charge < -0.3 is 19.5 Å². The van der Waals surface area contributed by atoms with Crippen molar-refractivity contribution < 1.29 is 36.6 Å². The zero-order valence-corrected chi connectivity index (χ0v) is 16.4. The molecule has 5 nitrogen and oxygen atoms in total. The quantitative estimate of drug-likeness (QED) is 0.571. The van der Waals surface area contributed by atoms with E-state index in [1.54, 1.807) is 6.92 Å². The number of amides is 1. The number of methoxy groups -OCH3 is 1. The lowest BCUT2D eigenvalue weighted by Crippen LogP contribution is -2.20. The van der Waals surface area contributed by atoms with E-state index in [1.807, 2.05) is 0 Å². The number of alkyl halides is 3. The SMILES string of the molecule is CCOc1c(Br)cc(C(=O)Nc2cc(F)ccc2OCC(F)(F)F)cc1OC. The second kappa shape index (κ2) is 9.13. The second-order valence-corrected chi connectivity index (χ2v) is 6.28. The van der Waals surface area contributed by atoms with Gasteiger partial charge in [-0.15, -0.1) is 0 Å². The van der Waals surface area contributed by atoms with E-state index >= 15 is 0 Å². The number of benzene rings is 2. The van der Waals surface area contributed by atoms with Gasteiger partial charge in [-0.25, -0.2) is 4.39 Å². The molecule has 0 saturated heterocycles. The Labute approximate surface area is 166 Å². The van der Waals surface area contributed by atoms with Gasteiger partial charge in [0, 0.05) is 11.6 Å². The lowest BCUT2D eigenvalue weighted by atomic mass is 10.1. The van der Waals surface area contributed by atoms with E-state index in [1.165, 1.54) is 19.2 Å². The zero-order chi connectivity index (χ0) is 20.9. The summed E-state index contributed by atoms with van der Waals surface area (Å²) in [5.41, 5.74) is -0.128. The van der Waals surface area contributed by atoms with Crippen molar-refractivity contribution in [2.75, 3.05) is 25.6 Å². The van der Waals surface area contributed by atoms with Gasteiger partial charge in [-0.2, -0.15) is 13.2 Å². The van der Waals surface area contributed by atoms with Crippen molar-refractivity contribution in [3.63, 3.8) is 0 Å². The van der Waals surface area contributed by atoms with Gasteiger partial charge >= 0.3 is 6.18 Å². The van der Waals surface area contributed by atoms with Gasteiger partial charge in [-0.1, -0.05) is 0 Å². The molecule has 0 fully saturated rings. The molecule has 28 heavy (non-hydrogen) atoms. The summed E-state index contributed by atoms with van der Waals surface area (Å²) in [6.07, 6.45) is -4.58. The number of hydrogen-bond donors (Lipinski definition) is 1. The maximum Gasteiger partial charge on any atom is 0.422 e. The Morgan fingerprint density at radius 3 is 2.46 bits per heavy atom. The zero-order valence-electron chi connectivity index (χ0n) is 14.8. The molecule has 1 N–H and O–H groups in total. The van der Waals surface area contributed by atoms with Gasteiger partial charge in [-0.05, 0) is 47.1 Å². The van der Waals surface area contributed by atoms with Crippen LogP contribution in [-0.4, -0.2) is 32.4 Å². The average molecular weight is 466 g/mol. The monoisotopic (exact) mass is 465 g/mol. The van der Waals surface area contributed by atoms with E-state index in [9.17, 15) is 22.4 Å². The van der Waals surface area contributed by atoms with Gasteiger partial charge in [0.15, 0.2) is 18.1 Å². The lowest BCUT2D eigenvalue weighted by Gasteiger charge is -2.15. The molecule has 1 amide bonds. The molecule has 2 aromatic rings. The standard InChI is InChI=1S/C18H16BrF4NO4/c1-3-27-16-12(19)6-10(7-15(16)26-2)17(25)24-13-8-11(20)4-5-14(13)28-9-18(21,22)23/h4-8H,3,9H2,1-2H3,(H,24,25). The number of ether oxygens (including phenoxy) is 3. The van der Waals surface area contributed by atoms with Crippen LogP contribution in [0.15, 0.2) is 34.8 Å².